The molecule has 0 aromatic carbocycles. The van der Waals surface area contributed by atoms with Gasteiger partial charge in [0.1, 0.15) is 0 Å². The normalized spacial score (nSPS) is 17.8. The number of nitrogens with one attached hydrogen (secondary N) is 1. The first-order valence-electron chi connectivity index (χ1n) is 7.08. The number of aromatic nitrogens is 1. The lowest BCUT2D eigenvalue weighted by atomic mass is 9.84. The van der Waals surface area contributed by atoms with Crippen molar-refractivity contribution in [1.29, 1.82) is 0 Å². The molecule has 0 atom stereocenters. The Morgan fingerprint density at radius 3 is 2.52 bits per heavy atom. The summed E-state index contributed by atoms with van der Waals surface area (Å²) in [5, 5.41) is 8.64. The summed E-state index contributed by atoms with van der Waals surface area (Å²) in [6, 6.07) is 2.47. The van der Waals surface area contributed by atoms with Crippen LogP contribution in [0.15, 0.2) is 23.4 Å². The number of carboxylic acids is 1. The second-order valence-corrected chi connectivity index (χ2v) is 7.29. The van der Waals surface area contributed by atoms with Crippen molar-refractivity contribution in [3.05, 3.63) is 23.9 Å². The fourth-order valence-corrected chi connectivity index (χ4v) is 3.85. The molecule has 6 nitrogen and oxygen atoms in total. The highest BCUT2D eigenvalue weighted by Gasteiger charge is 2.33. The van der Waals surface area contributed by atoms with E-state index in [0.29, 0.717) is 6.54 Å². The number of rotatable bonds is 6. The molecule has 0 radical (unpaired) electrons. The topological polar surface area (TPSA) is 96.4 Å². The van der Waals surface area contributed by atoms with Crippen LogP contribution in [0.2, 0.25) is 0 Å². The lowest BCUT2D eigenvalue weighted by molar-refractivity contribution is 0.0696. The maximum Gasteiger partial charge on any atom is 0.337 e. The minimum atomic E-state index is -3.69. The third-order valence-corrected chi connectivity index (χ3v) is 5.63. The summed E-state index contributed by atoms with van der Waals surface area (Å²) in [5.41, 5.74) is 0.0171. The van der Waals surface area contributed by atoms with Crippen molar-refractivity contribution in [3.8, 4) is 0 Å². The molecule has 0 spiro atoms. The zero-order valence-corrected chi connectivity index (χ0v) is 12.8. The number of carbonyl (C=O) groups is 1. The molecule has 116 valence electrons. The van der Waals surface area contributed by atoms with Crippen LogP contribution in [0.5, 0.6) is 0 Å². The predicted octanol–water partition coefficient (Wildman–Crippen LogP) is 2.03. The molecule has 0 unspecified atom stereocenters. The Labute approximate surface area is 124 Å². The third-order valence-electron chi connectivity index (χ3n) is 4.31. The van der Waals surface area contributed by atoms with Crippen molar-refractivity contribution in [2.75, 3.05) is 6.54 Å². The van der Waals surface area contributed by atoms with Crippen molar-refractivity contribution in [2.45, 2.75) is 44.1 Å². The molecule has 21 heavy (non-hydrogen) atoms. The summed E-state index contributed by atoms with van der Waals surface area (Å²) in [6.45, 7) is 2.49. The standard InChI is InChI=1S/C14H20N2O4S/c1-2-14(7-3-4-8-14)10-16-21(19,20)12-6-5-11(9-15-12)13(17)18/h5-6,9,16H,2-4,7-8,10H2,1H3,(H,17,18). The molecule has 0 amide bonds. The first-order chi connectivity index (χ1) is 9.88. The number of carboxylic acid groups (broad SMARTS) is 1. The van der Waals surface area contributed by atoms with Crippen LogP contribution in [0.4, 0.5) is 0 Å². The van der Waals surface area contributed by atoms with Crippen molar-refractivity contribution in [3.63, 3.8) is 0 Å². The second-order valence-electron chi connectivity index (χ2n) is 5.58. The average Bonchev–Trinajstić information content (AvgIpc) is 2.95. The van der Waals surface area contributed by atoms with Gasteiger partial charge in [-0.15, -0.1) is 0 Å². The molecule has 0 bridgehead atoms. The van der Waals surface area contributed by atoms with Crippen LogP contribution in [0, 0.1) is 5.41 Å². The van der Waals surface area contributed by atoms with Crippen molar-refractivity contribution in [2.24, 2.45) is 5.41 Å². The quantitative estimate of drug-likeness (QED) is 0.837. The van der Waals surface area contributed by atoms with Crippen LogP contribution in [0.25, 0.3) is 0 Å². The summed E-state index contributed by atoms with van der Waals surface area (Å²) in [5.74, 6) is -1.13. The summed E-state index contributed by atoms with van der Waals surface area (Å²) < 4.78 is 27.0. The van der Waals surface area contributed by atoms with Crippen molar-refractivity contribution < 1.29 is 18.3 Å². The molecule has 1 fully saturated rings. The smallest absolute Gasteiger partial charge is 0.337 e. The molecule has 1 aliphatic rings. The van der Waals surface area contributed by atoms with Gasteiger partial charge in [0.25, 0.3) is 10.0 Å². The molecule has 1 aromatic heterocycles. The number of aromatic carboxylic acids is 1. The molecule has 1 heterocycles. The highest BCUT2D eigenvalue weighted by atomic mass is 32.2. The van der Waals surface area contributed by atoms with E-state index in [-0.39, 0.29) is 16.0 Å². The summed E-state index contributed by atoms with van der Waals surface area (Å²) in [4.78, 5) is 14.5. The van der Waals surface area contributed by atoms with Crippen LogP contribution < -0.4 is 4.72 Å². The maximum absolute atomic E-state index is 12.2. The van der Waals surface area contributed by atoms with Crippen LogP contribution >= 0.6 is 0 Å². The molecular weight excluding hydrogens is 292 g/mol. The van der Waals surface area contributed by atoms with Gasteiger partial charge in [-0.3, -0.25) is 0 Å². The molecule has 1 saturated carbocycles. The van der Waals surface area contributed by atoms with Gasteiger partial charge in [0.2, 0.25) is 0 Å². The van der Waals surface area contributed by atoms with Crippen LogP contribution in [-0.4, -0.2) is 31.0 Å². The Hall–Kier alpha value is -1.47. The highest BCUT2D eigenvalue weighted by Crippen LogP contribution is 2.40. The first kappa shape index (κ1) is 15.9. The minimum Gasteiger partial charge on any atom is -0.478 e. The Balaban J connectivity index is 2.09. The predicted molar refractivity (Wildman–Crippen MR) is 77.6 cm³/mol. The van der Waals surface area contributed by atoms with Gasteiger partial charge in [0, 0.05) is 12.7 Å². The SMILES string of the molecule is CCC1(CNS(=O)(=O)c2ccc(C(=O)O)cn2)CCCC1. The zero-order chi connectivity index (χ0) is 15.5. The van der Waals surface area contributed by atoms with E-state index in [4.69, 9.17) is 5.11 Å². The van der Waals surface area contributed by atoms with Crippen molar-refractivity contribution >= 4 is 16.0 Å². The molecule has 2 rings (SSSR count). The molecule has 2 N–H and O–H groups in total. The summed E-state index contributed by atoms with van der Waals surface area (Å²) >= 11 is 0. The van der Waals surface area contributed by atoms with E-state index in [0.717, 1.165) is 38.3 Å². The van der Waals surface area contributed by atoms with E-state index in [9.17, 15) is 13.2 Å². The molecular formula is C14H20N2O4S. The van der Waals surface area contributed by atoms with Gasteiger partial charge in [0.15, 0.2) is 5.03 Å². The summed E-state index contributed by atoms with van der Waals surface area (Å²) in [6.07, 6.45) is 6.36. The highest BCUT2D eigenvalue weighted by molar-refractivity contribution is 7.89. The van der Waals surface area contributed by atoms with E-state index in [1.54, 1.807) is 0 Å². The third kappa shape index (κ3) is 3.59. The average molecular weight is 312 g/mol. The fourth-order valence-electron chi connectivity index (χ4n) is 2.77. The van der Waals surface area contributed by atoms with Gasteiger partial charge in [0.05, 0.1) is 5.56 Å². The molecule has 0 aliphatic heterocycles. The zero-order valence-electron chi connectivity index (χ0n) is 12.0. The number of sulfonamides is 1. The van der Waals surface area contributed by atoms with E-state index >= 15 is 0 Å². The largest absolute Gasteiger partial charge is 0.478 e. The van der Waals surface area contributed by atoms with Gasteiger partial charge in [-0.1, -0.05) is 19.8 Å². The van der Waals surface area contributed by atoms with Gasteiger partial charge >= 0.3 is 5.97 Å². The van der Waals surface area contributed by atoms with E-state index in [1.807, 2.05) is 0 Å². The van der Waals surface area contributed by atoms with Crippen LogP contribution in [0.3, 0.4) is 0 Å². The molecule has 7 heteroatoms. The van der Waals surface area contributed by atoms with E-state index < -0.39 is 16.0 Å². The summed E-state index contributed by atoms with van der Waals surface area (Å²) in [7, 11) is -3.69. The Morgan fingerprint density at radius 1 is 1.38 bits per heavy atom. The van der Waals surface area contributed by atoms with Crippen LogP contribution in [0.1, 0.15) is 49.4 Å². The number of pyridine rings is 1. The number of hydrogen-bond acceptors (Lipinski definition) is 4. The van der Waals surface area contributed by atoms with Crippen molar-refractivity contribution in [1.82, 2.24) is 9.71 Å². The van der Waals surface area contributed by atoms with E-state index in [2.05, 4.69) is 16.6 Å². The molecule has 1 aliphatic carbocycles. The first-order valence-corrected chi connectivity index (χ1v) is 8.56. The van der Waals surface area contributed by atoms with Gasteiger partial charge < -0.3 is 5.11 Å². The molecule has 0 saturated heterocycles. The molecule has 1 aromatic rings. The van der Waals surface area contributed by atoms with E-state index in [1.165, 1.54) is 12.1 Å². The lowest BCUT2D eigenvalue weighted by Gasteiger charge is -2.27. The fraction of sp³-hybridized carbons (Fsp3) is 0.571. The maximum atomic E-state index is 12.2. The lowest BCUT2D eigenvalue weighted by Crippen LogP contribution is -2.36. The van der Waals surface area contributed by atoms with Crippen LogP contribution in [-0.2, 0) is 10.0 Å². The Bertz CT molecular complexity index is 604. The Morgan fingerprint density at radius 2 is 2.05 bits per heavy atom. The number of nitrogens with zero attached hydrogens (tertiary/aromatic N) is 1. The number of hydrogen-bond donors (Lipinski definition) is 2. The van der Waals surface area contributed by atoms with Gasteiger partial charge in [-0.2, -0.15) is 0 Å². The minimum absolute atomic E-state index is 0.0326. The van der Waals surface area contributed by atoms with Gasteiger partial charge in [-0.05, 0) is 36.8 Å². The second kappa shape index (κ2) is 6.11. The monoisotopic (exact) mass is 312 g/mol. The Kier molecular flexibility index (Phi) is 4.63. The van der Waals surface area contributed by atoms with Gasteiger partial charge in [-0.25, -0.2) is 22.9 Å².